The maximum absolute atomic E-state index is 3.49. The lowest BCUT2D eigenvalue weighted by Gasteiger charge is -2.17. The topological polar surface area (TPSA) is 12.0 Å². The molecule has 0 radical (unpaired) electrons. The van der Waals surface area contributed by atoms with E-state index in [4.69, 9.17) is 0 Å². The van der Waals surface area contributed by atoms with Crippen molar-refractivity contribution >= 4 is 11.8 Å². The van der Waals surface area contributed by atoms with Crippen LogP contribution in [0.5, 0.6) is 0 Å². The predicted octanol–water partition coefficient (Wildman–Crippen LogP) is 2.35. The van der Waals surface area contributed by atoms with Gasteiger partial charge < -0.3 is 5.32 Å². The highest BCUT2D eigenvalue weighted by Gasteiger charge is 2.27. The van der Waals surface area contributed by atoms with Crippen molar-refractivity contribution in [3.8, 4) is 0 Å². The molecule has 0 aliphatic carbocycles. The summed E-state index contributed by atoms with van der Waals surface area (Å²) in [6.07, 6.45) is 2.19. The molecular weight excluding hydrogens is 190 g/mol. The van der Waals surface area contributed by atoms with Crippen LogP contribution >= 0.6 is 11.8 Å². The first-order valence-electron chi connectivity index (χ1n) is 5.16. The van der Waals surface area contributed by atoms with E-state index in [1.165, 1.54) is 17.9 Å². The Morgan fingerprint density at radius 1 is 1.29 bits per heavy atom. The molecule has 0 bridgehead atoms. The van der Waals surface area contributed by atoms with E-state index in [1.54, 1.807) is 0 Å². The largest absolute Gasteiger partial charge is 0.316 e. The van der Waals surface area contributed by atoms with Gasteiger partial charge in [-0.15, -0.1) is 0 Å². The normalized spacial score (nSPS) is 26.6. The summed E-state index contributed by atoms with van der Waals surface area (Å²) in [4.78, 5) is 0. The Kier molecular flexibility index (Phi) is 3.49. The Morgan fingerprint density at radius 2 is 2.07 bits per heavy atom. The van der Waals surface area contributed by atoms with Gasteiger partial charge in [0.2, 0.25) is 0 Å². The third-order valence-electron chi connectivity index (χ3n) is 2.95. The molecule has 1 nitrogen and oxygen atoms in total. The Morgan fingerprint density at radius 3 is 2.79 bits per heavy atom. The van der Waals surface area contributed by atoms with Gasteiger partial charge in [0.1, 0.15) is 0 Å². The molecule has 0 amide bonds. The van der Waals surface area contributed by atoms with Crippen molar-refractivity contribution in [3.63, 3.8) is 0 Å². The number of hydrogen-bond donors (Lipinski definition) is 1. The molecule has 0 aromatic heterocycles. The minimum atomic E-state index is 0.726. The van der Waals surface area contributed by atoms with Gasteiger partial charge in [0.15, 0.2) is 0 Å². The van der Waals surface area contributed by atoms with E-state index in [9.17, 15) is 0 Å². The zero-order chi connectivity index (χ0) is 9.80. The van der Waals surface area contributed by atoms with Crippen LogP contribution in [0.1, 0.15) is 11.5 Å². The monoisotopic (exact) mass is 207 g/mol. The summed E-state index contributed by atoms with van der Waals surface area (Å²) in [6, 6.07) is 10.9. The predicted molar refractivity (Wildman–Crippen MR) is 63.9 cm³/mol. The summed E-state index contributed by atoms with van der Waals surface area (Å²) in [5.41, 5.74) is 1.50. The van der Waals surface area contributed by atoms with Gasteiger partial charge in [-0.2, -0.15) is 11.8 Å². The number of thioether (sulfide) groups is 1. The van der Waals surface area contributed by atoms with Crippen LogP contribution in [-0.4, -0.2) is 25.1 Å². The number of nitrogens with one attached hydrogen (secondary N) is 1. The molecule has 2 atom stereocenters. The molecule has 2 rings (SSSR count). The van der Waals surface area contributed by atoms with Crippen LogP contribution < -0.4 is 5.32 Å². The summed E-state index contributed by atoms with van der Waals surface area (Å²) >= 11 is 1.96. The summed E-state index contributed by atoms with van der Waals surface area (Å²) < 4.78 is 0. The molecule has 1 N–H and O–H groups in total. The number of benzene rings is 1. The van der Waals surface area contributed by atoms with Gasteiger partial charge in [0.05, 0.1) is 0 Å². The van der Waals surface area contributed by atoms with Crippen molar-refractivity contribution in [3.05, 3.63) is 35.9 Å². The molecule has 1 aromatic rings. The Bertz CT molecular complexity index is 273. The number of rotatable bonds is 3. The zero-order valence-corrected chi connectivity index (χ0v) is 9.39. The SMILES string of the molecule is CSCC1CNCC1c1ccccc1. The summed E-state index contributed by atoms with van der Waals surface area (Å²) in [5, 5.41) is 3.49. The molecule has 1 aromatic carbocycles. The molecule has 1 aliphatic heterocycles. The van der Waals surface area contributed by atoms with E-state index in [0.29, 0.717) is 0 Å². The molecular formula is C12H17NS. The summed E-state index contributed by atoms with van der Waals surface area (Å²) in [7, 11) is 0. The average Bonchev–Trinajstić information content (AvgIpc) is 2.68. The first kappa shape index (κ1) is 10.1. The van der Waals surface area contributed by atoms with Crippen molar-refractivity contribution < 1.29 is 0 Å². The molecule has 76 valence electrons. The highest BCUT2D eigenvalue weighted by Crippen LogP contribution is 2.29. The van der Waals surface area contributed by atoms with Crippen molar-refractivity contribution in [1.82, 2.24) is 5.32 Å². The van der Waals surface area contributed by atoms with Crippen LogP contribution in [0.25, 0.3) is 0 Å². The quantitative estimate of drug-likeness (QED) is 0.816. The smallest absolute Gasteiger partial charge is 0.00237 e. The van der Waals surface area contributed by atoms with Gasteiger partial charge in [-0.25, -0.2) is 0 Å². The standard InChI is InChI=1S/C12H17NS/c1-14-9-11-7-13-8-12(11)10-5-3-2-4-6-10/h2-6,11-13H,7-9H2,1H3. The van der Waals surface area contributed by atoms with Crippen molar-refractivity contribution in [1.29, 1.82) is 0 Å². The molecule has 2 heteroatoms. The fourth-order valence-corrected chi connectivity index (χ4v) is 2.99. The van der Waals surface area contributed by atoms with Crippen molar-refractivity contribution in [2.45, 2.75) is 5.92 Å². The first-order chi connectivity index (χ1) is 6.92. The summed E-state index contributed by atoms with van der Waals surface area (Å²) in [6.45, 7) is 2.33. The average molecular weight is 207 g/mol. The highest BCUT2D eigenvalue weighted by atomic mass is 32.2. The van der Waals surface area contributed by atoms with Crippen LogP contribution in [0.3, 0.4) is 0 Å². The van der Waals surface area contributed by atoms with Crippen LogP contribution in [0.2, 0.25) is 0 Å². The van der Waals surface area contributed by atoms with Gasteiger partial charge in [-0.1, -0.05) is 30.3 Å². The van der Waals surface area contributed by atoms with Gasteiger partial charge in [0.25, 0.3) is 0 Å². The lowest BCUT2D eigenvalue weighted by atomic mass is 9.90. The molecule has 14 heavy (non-hydrogen) atoms. The van der Waals surface area contributed by atoms with Gasteiger partial charge >= 0.3 is 0 Å². The Labute approximate surface area is 90.3 Å². The zero-order valence-electron chi connectivity index (χ0n) is 8.57. The maximum Gasteiger partial charge on any atom is 0.00237 e. The lowest BCUT2D eigenvalue weighted by molar-refractivity contribution is 0.582. The van der Waals surface area contributed by atoms with Crippen LogP contribution in [0, 0.1) is 5.92 Å². The van der Waals surface area contributed by atoms with Crippen LogP contribution in [0.4, 0.5) is 0 Å². The van der Waals surface area contributed by atoms with E-state index in [-0.39, 0.29) is 0 Å². The van der Waals surface area contributed by atoms with Gasteiger partial charge in [0, 0.05) is 12.5 Å². The molecule has 2 unspecified atom stereocenters. The first-order valence-corrected chi connectivity index (χ1v) is 6.56. The third kappa shape index (κ3) is 2.12. The minimum absolute atomic E-state index is 0.726. The molecule has 1 heterocycles. The molecule has 0 saturated carbocycles. The van der Waals surface area contributed by atoms with Gasteiger partial charge in [-0.3, -0.25) is 0 Å². The van der Waals surface area contributed by atoms with E-state index < -0.39 is 0 Å². The van der Waals surface area contributed by atoms with E-state index in [2.05, 4.69) is 41.9 Å². The van der Waals surface area contributed by atoms with Crippen LogP contribution in [-0.2, 0) is 0 Å². The fourth-order valence-electron chi connectivity index (χ4n) is 2.21. The van der Waals surface area contributed by atoms with Crippen molar-refractivity contribution in [2.75, 3.05) is 25.1 Å². The molecule has 1 fully saturated rings. The van der Waals surface area contributed by atoms with Gasteiger partial charge in [-0.05, 0) is 30.0 Å². The lowest BCUT2D eigenvalue weighted by Crippen LogP contribution is -2.13. The van der Waals surface area contributed by atoms with E-state index in [1.807, 2.05) is 11.8 Å². The van der Waals surface area contributed by atoms with E-state index in [0.717, 1.165) is 18.4 Å². The highest BCUT2D eigenvalue weighted by molar-refractivity contribution is 7.98. The fraction of sp³-hybridized carbons (Fsp3) is 0.500. The van der Waals surface area contributed by atoms with Crippen molar-refractivity contribution in [2.24, 2.45) is 5.92 Å². The second-order valence-corrected chi connectivity index (χ2v) is 4.80. The Hall–Kier alpha value is -0.470. The van der Waals surface area contributed by atoms with Crippen LogP contribution in [0.15, 0.2) is 30.3 Å². The minimum Gasteiger partial charge on any atom is -0.316 e. The number of hydrogen-bond acceptors (Lipinski definition) is 2. The second-order valence-electron chi connectivity index (χ2n) is 3.89. The Balaban J connectivity index is 2.10. The third-order valence-corrected chi connectivity index (χ3v) is 3.71. The van der Waals surface area contributed by atoms with E-state index >= 15 is 0 Å². The summed E-state index contributed by atoms with van der Waals surface area (Å²) in [5.74, 6) is 2.81. The molecule has 1 saturated heterocycles. The molecule has 1 aliphatic rings. The molecule has 0 spiro atoms. The maximum atomic E-state index is 3.49. The second kappa shape index (κ2) is 4.85.